The summed E-state index contributed by atoms with van der Waals surface area (Å²) in [5, 5.41) is 3.15. The Balaban J connectivity index is 1.16. The molecular weight excluding hydrogens is 507 g/mol. The van der Waals surface area contributed by atoms with Crippen LogP contribution in [0.1, 0.15) is 80.0 Å². The molecule has 0 radical (unpaired) electrons. The predicted molar refractivity (Wildman–Crippen MR) is 143 cm³/mol. The molecular formula is C30H32Cl2N2O3. The summed E-state index contributed by atoms with van der Waals surface area (Å²) < 4.78 is 0. The van der Waals surface area contributed by atoms with Crippen LogP contribution in [0.3, 0.4) is 0 Å². The van der Waals surface area contributed by atoms with Crippen molar-refractivity contribution in [1.29, 1.82) is 0 Å². The van der Waals surface area contributed by atoms with Gasteiger partial charge in [0.25, 0.3) is 0 Å². The monoisotopic (exact) mass is 538 g/mol. The lowest BCUT2D eigenvalue weighted by atomic mass is 9.54. The second-order valence-electron chi connectivity index (χ2n) is 11.0. The lowest BCUT2D eigenvalue weighted by Crippen LogP contribution is -2.57. The largest absolute Gasteiger partial charge is 0.353 e. The van der Waals surface area contributed by atoms with Gasteiger partial charge in [-0.05, 0) is 47.9 Å². The molecule has 1 saturated carbocycles. The first-order valence-electron chi connectivity index (χ1n) is 13.6. The van der Waals surface area contributed by atoms with Crippen molar-refractivity contribution in [3.8, 4) is 0 Å². The van der Waals surface area contributed by atoms with E-state index in [1.807, 2.05) is 48.5 Å². The van der Waals surface area contributed by atoms with Crippen LogP contribution in [-0.4, -0.2) is 35.2 Å². The van der Waals surface area contributed by atoms with Crippen LogP contribution in [0.5, 0.6) is 0 Å². The Bertz CT molecular complexity index is 1130. The van der Waals surface area contributed by atoms with Gasteiger partial charge in [-0.25, -0.2) is 0 Å². The Morgan fingerprint density at radius 1 is 0.784 bits per heavy atom. The van der Waals surface area contributed by atoms with E-state index in [0.29, 0.717) is 25.4 Å². The van der Waals surface area contributed by atoms with E-state index in [1.54, 1.807) is 0 Å². The molecule has 7 heteroatoms. The summed E-state index contributed by atoms with van der Waals surface area (Å²) >= 11 is 14.9. The van der Waals surface area contributed by atoms with Crippen molar-refractivity contribution in [2.24, 2.45) is 11.8 Å². The Hall–Kier alpha value is -2.37. The Morgan fingerprint density at radius 2 is 1.27 bits per heavy atom. The third-order valence-electron chi connectivity index (χ3n) is 8.93. The van der Waals surface area contributed by atoms with Crippen LogP contribution in [0.15, 0.2) is 48.5 Å². The Kier molecular flexibility index (Phi) is 6.35. The highest BCUT2D eigenvalue weighted by Crippen LogP contribution is 2.69. The fourth-order valence-electron chi connectivity index (χ4n) is 7.22. The number of carbonyl (C=O) groups is 3. The molecule has 1 N–H and O–H groups in total. The minimum atomic E-state index is -1.13. The molecule has 0 aromatic heterocycles. The third-order valence-corrected chi connectivity index (χ3v) is 10.2. The highest BCUT2D eigenvalue weighted by atomic mass is 35.5. The number of nitrogens with zero attached hydrogens (tertiary/aromatic N) is 1. The van der Waals surface area contributed by atoms with Crippen molar-refractivity contribution in [3.63, 3.8) is 0 Å². The van der Waals surface area contributed by atoms with Crippen molar-refractivity contribution in [2.75, 3.05) is 6.54 Å². The molecule has 194 valence electrons. The van der Waals surface area contributed by atoms with Crippen molar-refractivity contribution >= 4 is 40.9 Å². The zero-order valence-electron chi connectivity index (χ0n) is 20.8. The van der Waals surface area contributed by atoms with Gasteiger partial charge in [0.2, 0.25) is 17.7 Å². The van der Waals surface area contributed by atoms with E-state index in [-0.39, 0.29) is 17.7 Å². The van der Waals surface area contributed by atoms with E-state index in [0.717, 1.165) is 47.9 Å². The van der Waals surface area contributed by atoms with E-state index >= 15 is 0 Å². The van der Waals surface area contributed by atoms with Gasteiger partial charge < -0.3 is 5.32 Å². The number of rotatable bonds is 7. The maximum Gasteiger partial charge on any atom is 0.235 e. The molecule has 2 bridgehead atoms. The molecule has 0 spiro atoms. The number of amides is 3. The Morgan fingerprint density at radius 3 is 1.76 bits per heavy atom. The first-order chi connectivity index (χ1) is 17.9. The Labute approximate surface area is 227 Å². The first kappa shape index (κ1) is 24.9. The van der Waals surface area contributed by atoms with E-state index in [4.69, 9.17) is 23.2 Å². The summed E-state index contributed by atoms with van der Waals surface area (Å²) in [5.41, 5.74) is 3.27. The maximum atomic E-state index is 13.8. The highest BCUT2D eigenvalue weighted by molar-refractivity contribution is 6.36. The van der Waals surface area contributed by atoms with Gasteiger partial charge in [-0.1, -0.05) is 74.2 Å². The van der Waals surface area contributed by atoms with E-state index in [2.05, 4.69) is 5.32 Å². The second-order valence-corrected chi connectivity index (χ2v) is 12.2. The topological polar surface area (TPSA) is 66.5 Å². The van der Waals surface area contributed by atoms with Crippen molar-refractivity contribution in [3.05, 3.63) is 70.8 Å². The molecule has 0 unspecified atom stereocenters. The van der Waals surface area contributed by atoms with E-state index in [9.17, 15) is 14.4 Å². The van der Waals surface area contributed by atoms with Crippen molar-refractivity contribution in [1.82, 2.24) is 10.2 Å². The molecule has 1 saturated heterocycles. The molecule has 2 aromatic rings. The second kappa shape index (κ2) is 9.43. The van der Waals surface area contributed by atoms with Crippen LogP contribution in [-0.2, 0) is 24.1 Å². The van der Waals surface area contributed by atoms with Crippen molar-refractivity contribution in [2.45, 2.75) is 73.6 Å². The van der Waals surface area contributed by atoms with Crippen LogP contribution < -0.4 is 5.32 Å². The summed E-state index contributed by atoms with van der Waals surface area (Å²) in [5.74, 6) is -1.87. The first-order valence-corrected chi connectivity index (χ1v) is 14.4. The van der Waals surface area contributed by atoms with Crippen LogP contribution >= 0.6 is 23.2 Å². The number of halogens is 2. The summed E-state index contributed by atoms with van der Waals surface area (Å²) in [6.07, 6.45) is 8.41. The predicted octanol–water partition coefficient (Wildman–Crippen LogP) is 5.59. The summed E-state index contributed by atoms with van der Waals surface area (Å²) in [4.78, 5) is 39.0. The molecule has 1 heterocycles. The number of benzene rings is 2. The van der Waals surface area contributed by atoms with Gasteiger partial charge >= 0.3 is 0 Å². The molecule has 3 amide bonds. The number of unbranched alkanes of at least 4 members (excludes halogenated alkanes) is 2. The molecule has 2 fully saturated rings. The number of imide groups is 1. The summed E-state index contributed by atoms with van der Waals surface area (Å²) in [7, 11) is 0. The number of hydrogen-bond acceptors (Lipinski definition) is 3. The molecule has 2 aromatic carbocycles. The smallest absolute Gasteiger partial charge is 0.235 e. The lowest BCUT2D eigenvalue weighted by Gasteiger charge is -2.54. The van der Waals surface area contributed by atoms with Crippen LogP contribution in [0.4, 0.5) is 0 Å². The molecule has 1 aliphatic heterocycles. The molecule has 5 aliphatic rings. The van der Waals surface area contributed by atoms with E-state index < -0.39 is 21.6 Å². The zero-order chi connectivity index (χ0) is 25.8. The normalized spacial score (nSPS) is 30.2. The summed E-state index contributed by atoms with van der Waals surface area (Å²) in [6, 6.07) is 15.7. The fraction of sp³-hybridized carbons (Fsp3) is 0.500. The maximum absolute atomic E-state index is 13.8. The van der Waals surface area contributed by atoms with Crippen molar-refractivity contribution < 1.29 is 14.4 Å². The van der Waals surface area contributed by atoms with E-state index in [1.165, 1.54) is 24.2 Å². The number of nitrogens with one attached hydrogen (secondary N) is 1. The number of likely N-dealkylation sites (tertiary alicyclic amines) is 1. The number of carbonyl (C=O) groups excluding carboxylic acids is 3. The van der Waals surface area contributed by atoms with Gasteiger partial charge in [0.05, 0.1) is 11.8 Å². The zero-order valence-corrected chi connectivity index (χ0v) is 22.4. The molecule has 5 nitrogen and oxygen atoms in total. The number of hydrogen-bond donors (Lipinski definition) is 1. The highest BCUT2D eigenvalue weighted by Gasteiger charge is 2.72. The van der Waals surface area contributed by atoms with Gasteiger partial charge in [-0.3, -0.25) is 19.3 Å². The molecule has 7 rings (SSSR count). The number of alkyl halides is 2. The van der Waals surface area contributed by atoms with Gasteiger partial charge in [-0.15, -0.1) is 23.2 Å². The standard InChI is InChI=1S/C30H32Cl2N2O3/c31-29-20-13-6-7-14-21(20)30(32,23-16-9-8-15-22(23)29)26-25(29)27(36)34(28(26)37)18-10-2-5-17-24(35)33-19-11-3-1-4-12-19/h6-9,13-16,19,25-26H,1-5,10-12,17-18H2,(H,33,35)/t25-,26-,29?,30?/m1/s1. The molecule has 4 aliphatic carbocycles. The lowest BCUT2D eigenvalue weighted by molar-refractivity contribution is -0.140. The van der Waals surface area contributed by atoms with Gasteiger partial charge in [0, 0.05) is 19.0 Å². The fourth-order valence-corrected chi connectivity index (χ4v) is 8.32. The van der Waals surface area contributed by atoms with Gasteiger partial charge in [-0.2, -0.15) is 0 Å². The minimum Gasteiger partial charge on any atom is -0.353 e. The third kappa shape index (κ3) is 3.68. The average Bonchev–Trinajstić information content (AvgIpc) is 3.18. The quantitative estimate of drug-likeness (QED) is 0.284. The van der Waals surface area contributed by atoms with Crippen LogP contribution in [0, 0.1) is 11.8 Å². The van der Waals surface area contributed by atoms with Gasteiger partial charge in [0.1, 0.15) is 9.75 Å². The molecule has 37 heavy (non-hydrogen) atoms. The van der Waals surface area contributed by atoms with Crippen LogP contribution in [0.2, 0.25) is 0 Å². The van der Waals surface area contributed by atoms with Gasteiger partial charge in [0.15, 0.2) is 0 Å². The minimum absolute atomic E-state index is 0.103. The SMILES string of the molecule is O=C(CCCCCN1C(=O)[C@H]2[C@H](C1=O)C1(Cl)c3ccccc3C2(Cl)c2ccccc21)NC1CCCCC1. The van der Waals surface area contributed by atoms with Crippen LogP contribution in [0.25, 0.3) is 0 Å². The molecule has 2 atom stereocenters. The summed E-state index contributed by atoms with van der Waals surface area (Å²) in [6.45, 7) is 0.321. The average molecular weight is 540 g/mol.